The average molecular weight is 1430 g/mol. The van der Waals surface area contributed by atoms with E-state index in [0.717, 1.165) is 202 Å². The summed E-state index contributed by atoms with van der Waals surface area (Å²) in [6.07, 6.45) is 0. The Morgan fingerprint density at radius 2 is 0.685 bits per heavy atom. The van der Waals surface area contributed by atoms with Gasteiger partial charge < -0.3 is 53.8 Å². The molecule has 0 spiro atoms. The Morgan fingerprint density at radius 1 is 0.288 bits per heavy atom. The van der Waals surface area contributed by atoms with Crippen molar-refractivity contribution in [2.24, 2.45) is 0 Å². The van der Waals surface area contributed by atoms with E-state index in [1.165, 1.54) is 33.1 Å². The molecule has 0 radical (unpaired) electrons. The third-order valence-electron chi connectivity index (χ3n) is 23.7. The molecule has 0 unspecified atom stereocenters. The molecule has 6 aliphatic heterocycles. The fourth-order valence-corrected chi connectivity index (χ4v) is 19.9. The van der Waals surface area contributed by atoms with Gasteiger partial charge in [0, 0.05) is 126 Å². The number of ether oxygens (including phenoxy) is 4. The molecule has 0 saturated heterocycles. The number of benzene rings is 14. The Hall–Kier alpha value is -13.4. The van der Waals surface area contributed by atoms with Crippen LogP contribution in [0.1, 0.15) is 50.1 Å². The van der Waals surface area contributed by atoms with E-state index in [4.69, 9.17) is 18.9 Å². The van der Waals surface area contributed by atoms with Gasteiger partial charge in [0.2, 0.25) is 0 Å². The van der Waals surface area contributed by atoms with E-state index in [-0.39, 0.29) is 20.1 Å². The molecule has 0 fully saturated rings. The number of H-pyrrole nitrogens is 2. The van der Waals surface area contributed by atoms with Crippen LogP contribution in [0.15, 0.2) is 267 Å². The molecular formula is C97H74B3N7O4. The van der Waals surface area contributed by atoms with Crippen molar-refractivity contribution in [3.05, 3.63) is 317 Å². The summed E-state index contributed by atoms with van der Waals surface area (Å²) in [5.41, 5.74) is 37.5. The van der Waals surface area contributed by atoms with Crippen LogP contribution < -0.4 is 93.3 Å². The lowest BCUT2D eigenvalue weighted by atomic mass is 9.29. The summed E-state index contributed by atoms with van der Waals surface area (Å²) in [7, 11) is 0. The zero-order chi connectivity index (χ0) is 74.5. The number of hydrogen-bond donors (Lipinski definition) is 3. The summed E-state index contributed by atoms with van der Waals surface area (Å²) in [6.45, 7) is 19.3. The maximum atomic E-state index is 7.49. The lowest BCUT2D eigenvalue weighted by Gasteiger charge is -2.47. The van der Waals surface area contributed by atoms with Crippen LogP contribution in [0.4, 0.5) is 79.6 Å². The molecular weight excluding hydrogens is 1360 g/mol. The summed E-state index contributed by atoms with van der Waals surface area (Å²) >= 11 is 0. The van der Waals surface area contributed by atoms with E-state index in [1.807, 2.05) is 66.7 Å². The molecule has 11 nitrogen and oxygen atoms in total. The second-order valence-corrected chi connectivity index (χ2v) is 31.1. The van der Waals surface area contributed by atoms with Crippen molar-refractivity contribution in [2.45, 2.75) is 62.3 Å². The maximum Gasteiger partial charge on any atom is 0.276 e. The SMILES string of the molecule is Cc1cc(C)c(N2c3cc4c(cc3B3c5[nH]c6ccccc6c5Oc5cc(Oc6ccccc6)cc2c53)B2c3cc5c(cc3N(c3c(C)cc(C)cc3C)c3cc(Oc6ccccc6)cc(c32)N4c2c(C)cc(C)cc2C)Nc2cc(Oc3ccccc3)cc3c2B5c2[nH]c4ccccc4c2N3c2ccccc2)c(C)c1. The number of aromatic amines is 2. The summed E-state index contributed by atoms with van der Waals surface area (Å²) in [5.74, 6) is 5.91. The van der Waals surface area contributed by atoms with Gasteiger partial charge in [-0.05, 0) is 213 Å². The van der Waals surface area contributed by atoms with Gasteiger partial charge in [0.05, 0.1) is 22.7 Å². The minimum atomic E-state index is -0.388. The van der Waals surface area contributed by atoms with Gasteiger partial charge in [0.15, 0.2) is 0 Å². The quantitative estimate of drug-likeness (QED) is 0.116. The van der Waals surface area contributed by atoms with Crippen molar-refractivity contribution >= 4 is 171 Å². The van der Waals surface area contributed by atoms with Crippen LogP contribution in [0, 0.1) is 62.3 Å². The van der Waals surface area contributed by atoms with Crippen molar-refractivity contribution in [3.63, 3.8) is 0 Å². The first-order valence-corrected chi connectivity index (χ1v) is 38.4. The number of hydrogen-bond acceptors (Lipinski definition) is 9. The molecule has 16 aromatic rings. The van der Waals surface area contributed by atoms with Gasteiger partial charge in [-0.1, -0.05) is 168 Å². The molecule has 22 rings (SSSR count). The molecule has 14 heteroatoms. The van der Waals surface area contributed by atoms with Gasteiger partial charge in [0.1, 0.15) is 46.0 Å². The van der Waals surface area contributed by atoms with Crippen LogP contribution in [-0.2, 0) is 0 Å². The molecule has 0 saturated carbocycles. The minimum absolute atomic E-state index is 0.285. The topological polar surface area (TPSA) is 93.5 Å². The van der Waals surface area contributed by atoms with Crippen LogP contribution in [0.25, 0.3) is 21.8 Å². The third kappa shape index (κ3) is 9.82. The first-order chi connectivity index (χ1) is 54.2. The van der Waals surface area contributed by atoms with Crippen LogP contribution >= 0.6 is 0 Å². The number of nitrogens with one attached hydrogen (secondary N) is 3. The molecule has 0 aliphatic carbocycles. The largest absolute Gasteiger partial charge is 0.457 e. The lowest BCUT2D eigenvalue weighted by molar-refractivity contribution is 0.465. The summed E-state index contributed by atoms with van der Waals surface area (Å²) in [4.78, 5) is 18.4. The van der Waals surface area contributed by atoms with Gasteiger partial charge in [-0.15, -0.1) is 0 Å². The Labute approximate surface area is 646 Å². The number of nitrogens with zero attached hydrogens (tertiary/aromatic N) is 4. The second-order valence-electron chi connectivity index (χ2n) is 31.1. The Bertz CT molecular complexity index is 6610. The lowest BCUT2D eigenvalue weighted by Crippen LogP contribution is -2.66. The highest BCUT2D eigenvalue weighted by Crippen LogP contribution is 2.54. The van der Waals surface area contributed by atoms with Gasteiger partial charge in [-0.2, -0.15) is 0 Å². The van der Waals surface area contributed by atoms with Crippen molar-refractivity contribution in [1.29, 1.82) is 0 Å². The van der Waals surface area contributed by atoms with Crippen molar-refractivity contribution in [2.75, 3.05) is 24.9 Å². The van der Waals surface area contributed by atoms with Gasteiger partial charge in [-0.3, -0.25) is 0 Å². The van der Waals surface area contributed by atoms with E-state index in [2.05, 4.69) is 297 Å². The number of anilines is 14. The van der Waals surface area contributed by atoms with Gasteiger partial charge >= 0.3 is 0 Å². The number of para-hydroxylation sites is 6. The predicted molar refractivity (Wildman–Crippen MR) is 461 cm³/mol. The smallest absolute Gasteiger partial charge is 0.276 e. The number of rotatable bonds is 10. The first-order valence-electron chi connectivity index (χ1n) is 38.4. The van der Waals surface area contributed by atoms with Crippen molar-refractivity contribution in [3.8, 4) is 46.0 Å². The zero-order valence-electron chi connectivity index (χ0n) is 63.1. The summed E-state index contributed by atoms with van der Waals surface area (Å²) in [6, 6.07) is 96.5. The maximum absolute atomic E-state index is 7.49. The summed E-state index contributed by atoms with van der Waals surface area (Å²) in [5, 5.41) is 6.38. The average Bonchev–Trinajstić information content (AvgIpc) is 1.26. The predicted octanol–water partition coefficient (Wildman–Crippen LogP) is 19.6. The zero-order valence-corrected chi connectivity index (χ0v) is 63.1. The third-order valence-corrected chi connectivity index (χ3v) is 23.7. The number of aryl methyl sites for hydroxylation is 9. The van der Waals surface area contributed by atoms with E-state index in [9.17, 15) is 0 Å². The van der Waals surface area contributed by atoms with Crippen molar-refractivity contribution < 1.29 is 18.9 Å². The van der Waals surface area contributed by atoms with E-state index in [1.54, 1.807) is 0 Å². The fraction of sp³-hybridized carbons (Fsp3) is 0.0928. The van der Waals surface area contributed by atoms with Gasteiger partial charge in [0.25, 0.3) is 20.1 Å². The molecule has 0 atom stereocenters. The molecule has 111 heavy (non-hydrogen) atoms. The molecule has 6 aliphatic rings. The fourth-order valence-electron chi connectivity index (χ4n) is 19.9. The van der Waals surface area contributed by atoms with Crippen molar-refractivity contribution in [1.82, 2.24) is 9.97 Å². The Kier molecular flexibility index (Phi) is 14.2. The summed E-state index contributed by atoms with van der Waals surface area (Å²) < 4.78 is 28.8. The molecule has 3 N–H and O–H groups in total. The molecule has 2 aromatic heterocycles. The van der Waals surface area contributed by atoms with E-state index < -0.39 is 0 Å². The monoisotopic (exact) mass is 1430 g/mol. The first kappa shape index (κ1) is 64.7. The van der Waals surface area contributed by atoms with Gasteiger partial charge in [-0.25, -0.2) is 0 Å². The normalized spacial score (nSPS) is 13.5. The molecule has 14 aromatic carbocycles. The van der Waals surface area contributed by atoms with Crippen LogP contribution in [-0.4, -0.2) is 30.1 Å². The van der Waals surface area contributed by atoms with E-state index >= 15 is 0 Å². The molecule has 530 valence electrons. The Morgan fingerprint density at radius 3 is 1.21 bits per heavy atom. The van der Waals surface area contributed by atoms with Crippen LogP contribution in [0.3, 0.4) is 0 Å². The second kappa shape index (κ2) is 24.3. The minimum Gasteiger partial charge on any atom is -0.457 e. The Balaban J connectivity index is 0.880. The number of fused-ring (bicyclic) bond motifs is 16. The highest BCUT2D eigenvalue weighted by molar-refractivity contribution is 7.04. The molecule has 0 amide bonds. The molecule has 0 bridgehead atoms. The standard InChI is InChI=1S/C97H74B3N7O4/c1-54-38-57(4)91(58(5)39-54)105-80-52-78-72(99-88-79(101-78)44-67(108-64-28-16-11-17-29-64)45-83(88)104(63-26-14-10-15-27-63)94-70-34-22-24-36-76(70)102-96(94)99)50-73(80)98-74-51-75-82(53-81(74)106(92-59(6)40-55(2)41-60(92)7)85-47-68(46-84(105)89(85)98)109-65-30-18-12-19-31-65)107(93-61(8)42-56(3)43-62(93)9)86-48-69(110-66-32-20-13-21-33-66)49-87-90(86)100(75)97-95(111-87)71-35-23-25-37-77(71)103-97/h10-53,101-103H,1-9H3. The van der Waals surface area contributed by atoms with Crippen LogP contribution in [0.2, 0.25) is 0 Å². The molecule has 8 heterocycles. The van der Waals surface area contributed by atoms with E-state index in [0.29, 0.717) is 11.5 Å². The number of aromatic nitrogens is 2. The highest BCUT2D eigenvalue weighted by atomic mass is 16.5. The van der Waals surface area contributed by atoms with Crippen LogP contribution in [0.5, 0.6) is 46.0 Å². The highest BCUT2D eigenvalue weighted by Gasteiger charge is 2.52.